The normalized spacial score (nSPS) is 22.3. The molecular formula is C22H30N4O3S. The Labute approximate surface area is 181 Å². The molecule has 3 aliphatic rings. The number of fused-ring (bicyclic) bond motifs is 1. The van der Waals surface area contributed by atoms with Gasteiger partial charge in [-0.25, -0.2) is 9.97 Å². The Balaban J connectivity index is 1.24. The number of carbonyl (C=O) groups is 1. The van der Waals surface area contributed by atoms with Crippen molar-refractivity contribution in [2.45, 2.75) is 51.7 Å². The van der Waals surface area contributed by atoms with Gasteiger partial charge >= 0.3 is 0 Å². The van der Waals surface area contributed by atoms with Crippen LogP contribution in [0.5, 0.6) is 0 Å². The Morgan fingerprint density at radius 2 is 1.87 bits per heavy atom. The molecule has 0 aromatic carbocycles. The fourth-order valence-electron chi connectivity index (χ4n) is 4.98. The molecule has 7 nitrogen and oxygen atoms in total. The van der Waals surface area contributed by atoms with Crippen LogP contribution in [-0.2, 0) is 20.7 Å². The predicted molar refractivity (Wildman–Crippen MR) is 117 cm³/mol. The number of carbonyl (C=O) groups excluding carboxylic acids is 1. The fourth-order valence-corrected chi connectivity index (χ4v) is 5.75. The number of likely N-dealkylation sites (tertiary alicyclic amines) is 1. The van der Waals surface area contributed by atoms with Crippen LogP contribution in [0.4, 0.5) is 5.82 Å². The summed E-state index contributed by atoms with van der Waals surface area (Å²) >= 11 is 1.74. The Hall–Kier alpha value is -1.77. The van der Waals surface area contributed by atoms with Gasteiger partial charge in [0.2, 0.25) is 5.91 Å². The number of aromatic nitrogens is 2. The number of thiophene rings is 1. The SMILES string of the molecule is CCc1nc(N2CCC(C(=O)N3CCC4(CC3)OCCO4)CC2)c2c(C)scc2n1. The third-order valence-electron chi connectivity index (χ3n) is 6.77. The molecule has 3 fully saturated rings. The highest BCUT2D eigenvalue weighted by Gasteiger charge is 2.42. The lowest BCUT2D eigenvalue weighted by molar-refractivity contribution is -0.188. The molecule has 0 aliphatic carbocycles. The zero-order valence-electron chi connectivity index (χ0n) is 17.9. The second-order valence-electron chi connectivity index (χ2n) is 8.56. The van der Waals surface area contributed by atoms with E-state index in [0.717, 1.165) is 75.4 Å². The van der Waals surface area contributed by atoms with Crippen molar-refractivity contribution in [3.05, 3.63) is 16.1 Å². The van der Waals surface area contributed by atoms with Gasteiger partial charge in [-0.15, -0.1) is 11.3 Å². The lowest BCUT2D eigenvalue weighted by Crippen LogP contribution is -2.50. The molecule has 5 rings (SSSR count). The Morgan fingerprint density at radius 3 is 2.53 bits per heavy atom. The van der Waals surface area contributed by atoms with E-state index in [0.29, 0.717) is 19.1 Å². The monoisotopic (exact) mass is 430 g/mol. The molecule has 0 N–H and O–H groups in total. The first-order valence-corrected chi connectivity index (χ1v) is 12.0. The van der Waals surface area contributed by atoms with E-state index in [9.17, 15) is 4.79 Å². The highest BCUT2D eigenvalue weighted by molar-refractivity contribution is 7.11. The number of rotatable bonds is 3. The van der Waals surface area contributed by atoms with Gasteiger partial charge in [0.1, 0.15) is 11.6 Å². The topological polar surface area (TPSA) is 67.8 Å². The lowest BCUT2D eigenvalue weighted by atomic mass is 9.93. The number of ether oxygens (including phenoxy) is 2. The van der Waals surface area contributed by atoms with Gasteiger partial charge < -0.3 is 19.3 Å². The molecule has 3 aliphatic heterocycles. The van der Waals surface area contributed by atoms with Crippen LogP contribution in [0.3, 0.4) is 0 Å². The Bertz CT molecular complexity index is 922. The first-order chi connectivity index (χ1) is 14.6. The minimum absolute atomic E-state index is 0.104. The molecule has 8 heteroatoms. The number of amides is 1. The van der Waals surface area contributed by atoms with Gasteiger partial charge in [-0.2, -0.15) is 0 Å². The van der Waals surface area contributed by atoms with Crippen molar-refractivity contribution in [1.82, 2.24) is 14.9 Å². The first-order valence-electron chi connectivity index (χ1n) is 11.1. The van der Waals surface area contributed by atoms with Crippen LogP contribution < -0.4 is 4.90 Å². The molecule has 0 radical (unpaired) electrons. The smallest absolute Gasteiger partial charge is 0.225 e. The third kappa shape index (κ3) is 3.59. The molecule has 3 saturated heterocycles. The van der Waals surface area contributed by atoms with Gasteiger partial charge in [0.25, 0.3) is 0 Å². The maximum atomic E-state index is 13.1. The van der Waals surface area contributed by atoms with Crippen molar-refractivity contribution in [3.63, 3.8) is 0 Å². The van der Waals surface area contributed by atoms with Gasteiger partial charge in [0.15, 0.2) is 5.79 Å². The quantitative estimate of drug-likeness (QED) is 0.745. The summed E-state index contributed by atoms with van der Waals surface area (Å²) in [6.07, 6.45) is 4.16. The summed E-state index contributed by atoms with van der Waals surface area (Å²) in [5, 5.41) is 3.31. The van der Waals surface area contributed by atoms with Crippen LogP contribution in [0.25, 0.3) is 10.9 Å². The lowest BCUT2D eigenvalue weighted by Gasteiger charge is -2.40. The van der Waals surface area contributed by atoms with Crippen LogP contribution in [0.2, 0.25) is 0 Å². The van der Waals surface area contributed by atoms with Crippen LogP contribution >= 0.6 is 11.3 Å². The number of anilines is 1. The Kier molecular flexibility index (Phi) is 5.41. The van der Waals surface area contributed by atoms with Crippen molar-refractivity contribution in [2.75, 3.05) is 44.3 Å². The van der Waals surface area contributed by atoms with E-state index in [-0.39, 0.29) is 5.92 Å². The second-order valence-corrected chi connectivity index (χ2v) is 9.65. The third-order valence-corrected chi connectivity index (χ3v) is 7.67. The molecule has 2 aromatic heterocycles. The van der Waals surface area contributed by atoms with E-state index in [4.69, 9.17) is 19.4 Å². The second kappa shape index (κ2) is 8.05. The van der Waals surface area contributed by atoms with Gasteiger partial charge in [-0.3, -0.25) is 4.79 Å². The van der Waals surface area contributed by atoms with Gasteiger partial charge in [0.05, 0.1) is 24.1 Å². The molecule has 0 atom stereocenters. The maximum Gasteiger partial charge on any atom is 0.225 e. The number of hydrogen-bond donors (Lipinski definition) is 0. The summed E-state index contributed by atoms with van der Waals surface area (Å²) < 4.78 is 11.6. The fraction of sp³-hybridized carbons (Fsp3) is 0.682. The largest absolute Gasteiger partial charge is 0.356 e. The minimum Gasteiger partial charge on any atom is -0.356 e. The van der Waals surface area contributed by atoms with Gasteiger partial charge in [-0.1, -0.05) is 6.92 Å². The predicted octanol–water partition coefficient (Wildman–Crippen LogP) is 3.14. The van der Waals surface area contributed by atoms with E-state index in [1.807, 2.05) is 4.90 Å². The highest BCUT2D eigenvalue weighted by Crippen LogP contribution is 2.35. The summed E-state index contributed by atoms with van der Waals surface area (Å²) in [4.78, 5) is 28.3. The van der Waals surface area contributed by atoms with Crippen LogP contribution in [-0.4, -0.2) is 66.0 Å². The molecule has 0 bridgehead atoms. The van der Waals surface area contributed by atoms with E-state index in [1.165, 1.54) is 10.3 Å². The average molecular weight is 431 g/mol. The summed E-state index contributed by atoms with van der Waals surface area (Å²) in [5.41, 5.74) is 1.05. The summed E-state index contributed by atoms with van der Waals surface area (Å²) in [5.74, 6) is 1.93. The number of hydrogen-bond acceptors (Lipinski definition) is 7. The molecule has 0 saturated carbocycles. The molecule has 0 unspecified atom stereocenters. The molecule has 2 aromatic rings. The maximum absolute atomic E-state index is 13.1. The Morgan fingerprint density at radius 1 is 1.17 bits per heavy atom. The molecule has 162 valence electrons. The molecule has 30 heavy (non-hydrogen) atoms. The minimum atomic E-state index is -0.423. The number of piperidine rings is 2. The van der Waals surface area contributed by atoms with Crippen molar-refractivity contribution < 1.29 is 14.3 Å². The molecule has 1 amide bonds. The van der Waals surface area contributed by atoms with Crippen molar-refractivity contribution in [3.8, 4) is 0 Å². The molecular weight excluding hydrogens is 400 g/mol. The standard InChI is InChI=1S/C22H30N4O3S/c1-3-18-23-17-14-30-15(2)19(17)20(24-18)25-8-4-16(5-9-25)21(27)26-10-6-22(7-11-26)28-12-13-29-22/h14,16H,3-13H2,1-2H3. The van der Waals surface area contributed by atoms with Crippen LogP contribution in [0.15, 0.2) is 5.38 Å². The van der Waals surface area contributed by atoms with Crippen molar-refractivity contribution >= 4 is 34.0 Å². The van der Waals surface area contributed by atoms with E-state index in [1.54, 1.807) is 11.3 Å². The van der Waals surface area contributed by atoms with Gasteiger partial charge in [-0.05, 0) is 19.8 Å². The van der Waals surface area contributed by atoms with Crippen molar-refractivity contribution in [2.24, 2.45) is 5.92 Å². The molecule has 5 heterocycles. The summed E-state index contributed by atoms with van der Waals surface area (Å²) in [7, 11) is 0. The zero-order chi connectivity index (χ0) is 20.7. The van der Waals surface area contributed by atoms with Crippen LogP contribution in [0, 0.1) is 12.8 Å². The summed E-state index contributed by atoms with van der Waals surface area (Å²) in [6.45, 7) is 8.79. The van der Waals surface area contributed by atoms with Crippen molar-refractivity contribution in [1.29, 1.82) is 0 Å². The number of aryl methyl sites for hydroxylation is 2. The summed E-state index contributed by atoms with van der Waals surface area (Å²) in [6, 6.07) is 0. The molecule has 1 spiro atoms. The van der Waals surface area contributed by atoms with Gasteiger partial charge in [0, 0.05) is 61.6 Å². The van der Waals surface area contributed by atoms with Crippen LogP contribution in [0.1, 0.15) is 43.3 Å². The number of nitrogens with zero attached hydrogens (tertiary/aromatic N) is 4. The zero-order valence-corrected chi connectivity index (χ0v) is 18.7. The highest BCUT2D eigenvalue weighted by atomic mass is 32.1. The average Bonchev–Trinajstić information content (AvgIpc) is 3.40. The van der Waals surface area contributed by atoms with E-state index < -0.39 is 5.79 Å². The van der Waals surface area contributed by atoms with E-state index >= 15 is 0 Å². The van der Waals surface area contributed by atoms with E-state index in [2.05, 4.69) is 24.1 Å². The first kappa shape index (κ1) is 20.2.